The zero-order valence-electron chi connectivity index (χ0n) is 11.0. The normalized spacial score (nSPS) is 18.5. The Morgan fingerprint density at radius 3 is 3.05 bits per heavy atom. The Morgan fingerprint density at radius 1 is 1.68 bits per heavy atom. The maximum Gasteiger partial charge on any atom is 0.338 e. The lowest BCUT2D eigenvalue weighted by Gasteiger charge is -2.27. The highest BCUT2D eigenvalue weighted by molar-refractivity contribution is 5.95. The quantitative estimate of drug-likeness (QED) is 0.835. The van der Waals surface area contributed by atoms with Crippen molar-refractivity contribution < 1.29 is 14.6 Å². The maximum absolute atomic E-state index is 11.3. The van der Waals surface area contributed by atoms with Crippen molar-refractivity contribution in [1.29, 1.82) is 0 Å². The van der Waals surface area contributed by atoms with E-state index in [1.807, 2.05) is 11.8 Å². The fraction of sp³-hybridized carbons (Fsp3) is 0.538. The number of aromatic carboxylic acids is 1. The van der Waals surface area contributed by atoms with Gasteiger partial charge in [0.15, 0.2) is 0 Å². The zero-order valence-corrected chi connectivity index (χ0v) is 11.0. The lowest BCUT2D eigenvalue weighted by atomic mass is 10.1. The molecule has 1 unspecified atom stereocenters. The van der Waals surface area contributed by atoms with E-state index in [-0.39, 0.29) is 17.5 Å². The molecule has 0 amide bonds. The second kappa shape index (κ2) is 5.88. The number of nitrogens with two attached hydrogens (primary N) is 1. The number of hydrogen-bond donors (Lipinski definition) is 2. The van der Waals surface area contributed by atoms with E-state index in [4.69, 9.17) is 10.5 Å². The molecule has 2 heterocycles. The number of ether oxygens (including phenoxy) is 1. The summed E-state index contributed by atoms with van der Waals surface area (Å²) in [4.78, 5) is 17.3. The number of aromatic nitrogens is 1. The average Bonchev–Trinajstić information content (AvgIpc) is 2.89. The second-order valence-electron chi connectivity index (χ2n) is 4.61. The fourth-order valence-electron chi connectivity index (χ4n) is 2.32. The van der Waals surface area contributed by atoms with Crippen molar-refractivity contribution in [1.82, 2.24) is 4.98 Å². The summed E-state index contributed by atoms with van der Waals surface area (Å²) >= 11 is 0. The Morgan fingerprint density at radius 2 is 2.47 bits per heavy atom. The lowest BCUT2D eigenvalue weighted by Crippen LogP contribution is -2.33. The Hall–Kier alpha value is -1.82. The topological polar surface area (TPSA) is 88.7 Å². The van der Waals surface area contributed by atoms with Crippen LogP contribution in [0.1, 0.15) is 30.1 Å². The molecule has 1 atom stereocenters. The van der Waals surface area contributed by atoms with E-state index >= 15 is 0 Å². The molecule has 0 saturated carbocycles. The second-order valence-corrected chi connectivity index (χ2v) is 4.61. The van der Waals surface area contributed by atoms with Gasteiger partial charge in [-0.15, -0.1) is 0 Å². The Labute approximate surface area is 112 Å². The highest BCUT2D eigenvalue weighted by atomic mass is 16.5. The van der Waals surface area contributed by atoms with Crippen molar-refractivity contribution in [3.05, 3.63) is 17.8 Å². The van der Waals surface area contributed by atoms with Gasteiger partial charge in [0.1, 0.15) is 5.82 Å². The first-order valence-corrected chi connectivity index (χ1v) is 6.47. The number of carboxylic acid groups (broad SMARTS) is 1. The third-order valence-corrected chi connectivity index (χ3v) is 3.30. The molecule has 0 aliphatic carbocycles. The van der Waals surface area contributed by atoms with E-state index in [0.717, 1.165) is 19.4 Å². The van der Waals surface area contributed by atoms with Gasteiger partial charge in [-0.2, -0.15) is 0 Å². The Bertz CT molecular complexity index is 458. The molecule has 0 bridgehead atoms. The van der Waals surface area contributed by atoms with Gasteiger partial charge in [-0.05, 0) is 25.8 Å². The van der Waals surface area contributed by atoms with Crippen LogP contribution in [0.25, 0.3) is 0 Å². The van der Waals surface area contributed by atoms with E-state index in [1.54, 1.807) is 0 Å². The minimum absolute atomic E-state index is 0.166. The van der Waals surface area contributed by atoms with Gasteiger partial charge in [0.2, 0.25) is 0 Å². The number of carbonyl (C=O) groups is 1. The molecule has 6 heteroatoms. The molecule has 104 valence electrons. The van der Waals surface area contributed by atoms with Crippen LogP contribution in [0.4, 0.5) is 11.5 Å². The van der Waals surface area contributed by atoms with E-state index in [0.29, 0.717) is 18.8 Å². The number of carboxylic acids is 1. The molecule has 1 aromatic heterocycles. The van der Waals surface area contributed by atoms with Gasteiger partial charge < -0.3 is 20.5 Å². The summed E-state index contributed by atoms with van der Waals surface area (Å²) in [5.74, 6) is -0.774. The number of rotatable bonds is 5. The molecule has 1 aliphatic heterocycles. The number of hydrogen-bond acceptors (Lipinski definition) is 5. The highest BCUT2D eigenvalue weighted by Crippen LogP contribution is 2.23. The first-order chi connectivity index (χ1) is 9.11. The summed E-state index contributed by atoms with van der Waals surface area (Å²) in [6, 6.07) is 1.40. The molecular weight excluding hydrogens is 246 g/mol. The number of nitrogens with zero attached hydrogens (tertiary/aromatic N) is 2. The third-order valence-electron chi connectivity index (χ3n) is 3.30. The summed E-state index contributed by atoms with van der Waals surface area (Å²) < 4.78 is 5.60. The van der Waals surface area contributed by atoms with Crippen LogP contribution in [0.5, 0.6) is 0 Å². The van der Waals surface area contributed by atoms with E-state index in [9.17, 15) is 9.90 Å². The Kier molecular flexibility index (Phi) is 4.21. The van der Waals surface area contributed by atoms with Crippen molar-refractivity contribution in [3.63, 3.8) is 0 Å². The number of likely N-dealkylation sites (N-methyl/N-ethyl adjacent to an activating group) is 1. The zero-order chi connectivity index (χ0) is 13.8. The third kappa shape index (κ3) is 3.14. The predicted octanol–water partition coefficient (Wildman–Crippen LogP) is 1.37. The summed E-state index contributed by atoms with van der Waals surface area (Å²) in [7, 11) is 0. The van der Waals surface area contributed by atoms with Crippen LogP contribution < -0.4 is 10.6 Å². The monoisotopic (exact) mass is 265 g/mol. The molecule has 6 nitrogen and oxygen atoms in total. The average molecular weight is 265 g/mol. The highest BCUT2D eigenvalue weighted by Gasteiger charge is 2.22. The van der Waals surface area contributed by atoms with Crippen molar-refractivity contribution in [2.75, 3.05) is 30.3 Å². The van der Waals surface area contributed by atoms with Crippen LogP contribution >= 0.6 is 0 Å². The van der Waals surface area contributed by atoms with Crippen LogP contribution in [0, 0.1) is 0 Å². The van der Waals surface area contributed by atoms with E-state index in [1.165, 1.54) is 12.3 Å². The van der Waals surface area contributed by atoms with Gasteiger partial charge in [-0.3, -0.25) is 0 Å². The minimum Gasteiger partial charge on any atom is -0.478 e. The molecular formula is C13H19N3O3. The van der Waals surface area contributed by atoms with Gasteiger partial charge in [0, 0.05) is 19.7 Å². The Balaban J connectivity index is 2.23. The van der Waals surface area contributed by atoms with Gasteiger partial charge in [-0.1, -0.05) is 0 Å². The van der Waals surface area contributed by atoms with Gasteiger partial charge in [-0.25, -0.2) is 9.78 Å². The largest absolute Gasteiger partial charge is 0.478 e. The molecule has 1 fully saturated rings. The summed E-state index contributed by atoms with van der Waals surface area (Å²) in [6.45, 7) is 4.15. The first kappa shape index (κ1) is 13.6. The molecule has 2 rings (SSSR count). The van der Waals surface area contributed by atoms with Crippen LogP contribution in [-0.2, 0) is 4.74 Å². The molecule has 19 heavy (non-hydrogen) atoms. The SMILES string of the molecule is CCN(CC1CCCO1)c1cnc(N)cc1C(=O)O. The minimum atomic E-state index is -0.991. The molecule has 0 spiro atoms. The molecule has 1 saturated heterocycles. The smallest absolute Gasteiger partial charge is 0.338 e. The number of nitrogen functional groups attached to an aromatic ring is 1. The van der Waals surface area contributed by atoms with Crippen LogP contribution in [-0.4, -0.2) is 41.9 Å². The number of pyridine rings is 1. The van der Waals surface area contributed by atoms with Gasteiger partial charge in [0.25, 0.3) is 0 Å². The van der Waals surface area contributed by atoms with Crippen LogP contribution in [0.3, 0.4) is 0 Å². The summed E-state index contributed by atoms with van der Waals surface area (Å²) in [5, 5.41) is 9.25. The van der Waals surface area contributed by atoms with Gasteiger partial charge >= 0.3 is 5.97 Å². The fourth-order valence-corrected chi connectivity index (χ4v) is 2.32. The molecule has 1 aromatic rings. The van der Waals surface area contributed by atoms with Gasteiger partial charge in [0.05, 0.1) is 23.6 Å². The van der Waals surface area contributed by atoms with Crippen molar-refractivity contribution >= 4 is 17.5 Å². The maximum atomic E-state index is 11.3. The number of anilines is 2. The first-order valence-electron chi connectivity index (χ1n) is 6.47. The molecule has 0 radical (unpaired) electrons. The van der Waals surface area contributed by atoms with Crippen LogP contribution in [0.15, 0.2) is 12.3 Å². The lowest BCUT2D eigenvalue weighted by molar-refractivity contribution is 0.0697. The standard InChI is InChI=1S/C13H19N3O3/c1-2-16(8-9-4-3-5-19-9)11-7-15-12(14)6-10(11)13(17)18/h6-7,9H,2-5,8H2,1H3,(H2,14,15)(H,17,18). The van der Waals surface area contributed by atoms with E-state index in [2.05, 4.69) is 4.98 Å². The predicted molar refractivity (Wildman–Crippen MR) is 72.5 cm³/mol. The van der Waals surface area contributed by atoms with Crippen molar-refractivity contribution in [3.8, 4) is 0 Å². The molecule has 1 aliphatic rings. The van der Waals surface area contributed by atoms with E-state index < -0.39 is 5.97 Å². The summed E-state index contributed by atoms with van der Waals surface area (Å²) in [5.41, 5.74) is 6.34. The summed E-state index contributed by atoms with van der Waals surface area (Å²) in [6.07, 6.45) is 3.77. The van der Waals surface area contributed by atoms with Crippen LogP contribution in [0.2, 0.25) is 0 Å². The molecule has 0 aromatic carbocycles. The van der Waals surface area contributed by atoms with Crippen molar-refractivity contribution in [2.24, 2.45) is 0 Å². The molecule has 3 N–H and O–H groups in total. The van der Waals surface area contributed by atoms with Crippen molar-refractivity contribution in [2.45, 2.75) is 25.9 Å².